The molecule has 7 heteroatoms. The van der Waals surface area contributed by atoms with Crippen molar-refractivity contribution < 1.29 is 8.91 Å². The van der Waals surface area contributed by atoms with E-state index in [1.165, 1.54) is 6.07 Å². The first-order chi connectivity index (χ1) is 8.97. The Labute approximate surface area is 118 Å². The molecule has 1 unspecified atom stereocenters. The summed E-state index contributed by atoms with van der Waals surface area (Å²) in [5.74, 6) is 0.289. The third-order valence-electron chi connectivity index (χ3n) is 2.50. The van der Waals surface area contributed by atoms with Crippen molar-refractivity contribution in [3.05, 3.63) is 34.3 Å². The maximum atomic E-state index is 13.4. The maximum Gasteiger partial charge on any atom is 0.258 e. The second-order valence-electron chi connectivity index (χ2n) is 4.46. The number of hydrogen-bond donors (Lipinski definition) is 1. The lowest BCUT2D eigenvalue weighted by Gasteiger charge is -2.12. The van der Waals surface area contributed by atoms with Crippen LogP contribution in [0.15, 0.2) is 27.2 Å². The molecule has 1 atom stereocenters. The molecule has 0 fully saturated rings. The quantitative estimate of drug-likeness (QED) is 0.931. The molecule has 0 spiro atoms. The molecule has 0 aliphatic rings. The summed E-state index contributed by atoms with van der Waals surface area (Å²) in [7, 11) is 3.82. The molecule has 102 valence electrons. The van der Waals surface area contributed by atoms with Gasteiger partial charge in [0.1, 0.15) is 5.82 Å². The second-order valence-corrected chi connectivity index (χ2v) is 5.31. The lowest BCUT2D eigenvalue weighted by Crippen LogP contribution is -2.26. The van der Waals surface area contributed by atoms with Crippen molar-refractivity contribution in [3.8, 4) is 11.5 Å². The van der Waals surface area contributed by atoms with Crippen molar-refractivity contribution in [1.82, 2.24) is 15.0 Å². The number of halogens is 2. The first kappa shape index (κ1) is 14.1. The van der Waals surface area contributed by atoms with Gasteiger partial charge in [-0.25, -0.2) is 4.39 Å². The highest BCUT2D eigenvalue weighted by Crippen LogP contribution is 2.24. The van der Waals surface area contributed by atoms with Gasteiger partial charge in [-0.2, -0.15) is 4.98 Å². The highest BCUT2D eigenvalue weighted by Gasteiger charge is 2.16. The van der Waals surface area contributed by atoms with Gasteiger partial charge < -0.3 is 15.2 Å². The van der Waals surface area contributed by atoms with Crippen molar-refractivity contribution in [2.24, 2.45) is 5.73 Å². The van der Waals surface area contributed by atoms with Gasteiger partial charge in [0.05, 0.1) is 10.5 Å². The largest absolute Gasteiger partial charge is 0.334 e. The Hall–Kier alpha value is -1.31. The van der Waals surface area contributed by atoms with Crippen molar-refractivity contribution in [1.29, 1.82) is 0 Å². The van der Waals surface area contributed by atoms with E-state index in [4.69, 9.17) is 10.3 Å². The van der Waals surface area contributed by atoms with E-state index in [0.29, 0.717) is 22.4 Å². The molecule has 5 nitrogen and oxygen atoms in total. The van der Waals surface area contributed by atoms with E-state index in [2.05, 4.69) is 26.1 Å². The third kappa shape index (κ3) is 3.37. The number of nitrogens with two attached hydrogens (primary N) is 1. The zero-order chi connectivity index (χ0) is 14.0. The minimum atomic E-state index is -0.380. The number of likely N-dealkylation sites (N-methyl/N-ethyl adjacent to an activating group) is 1. The molecular weight excluding hydrogens is 315 g/mol. The minimum Gasteiger partial charge on any atom is -0.334 e. The number of aromatic nitrogens is 2. The van der Waals surface area contributed by atoms with E-state index in [9.17, 15) is 4.39 Å². The summed E-state index contributed by atoms with van der Waals surface area (Å²) in [6.07, 6.45) is 0. The van der Waals surface area contributed by atoms with Gasteiger partial charge >= 0.3 is 0 Å². The SMILES string of the molecule is CN(C)CC(N)c1noc(-c2ccc(Br)c(F)c2)n1. The first-order valence-corrected chi connectivity index (χ1v) is 6.46. The standard InChI is InChI=1S/C12H14BrFN4O/c1-18(2)6-10(15)11-16-12(19-17-11)7-3-4-8(13)9(14)5-7/h3-5,10H,6,15H2,1-2H3. The topological polar surface area (TPSA) is 68.2 Å². The fraction of sp³-hybridized carbons (Fsp3) is 0.333. The van der Waals surface area contributed by atoms with Crippen LogP contribution in [0.1, 0.15) is 11.9 Å². The third-order valence-corrected chi connectivity index (χ3v) is 3.14. The van der Waals surface area contributed by atoms with Crippen LogP contribution in [0.5, 0.6) is 0 Å². The van der Waals surface area contributed by atoms with Gasteiger partial charge in [-0.05, 0) is 48.2 Å². The Kier molecular flexibility index (Phi) is 4.28. The molecule has 1 aromatic carbocycles. The van der Waals surface area contributed by atoms with E-state index in [1.54, 1.807) is 12.1 Å². The van der Waals surface area contributed by atoms with E-state index >= 15 is 0 Å². The molecule has 2 aromatic rings. The molecule has 2 rings (SSSR count). The fourth-order valence-electron chi connectivity index (χ4n) is 1.61. The highest BCUT2D eigenvalue weighted by molar-refractivity contribution is 9.10. The molecule has 19 heavy (non-hydrogen) atoms. The fourth-order valence-corrected chi connectivity index (χ4v) is 1.85. The average Bonchev–Trinajstić information content (AvgIpc) is 2.81. The molecule has 0 aliphatic heterocycles. The highest BCUT2D eigenvalue weighted by atomic mass is 79.9. The van der Waals surface area contributed by atoms with E-state index in [0.717, 1.165) is 0 Å². The van der Waals surface area contributed by atoms with Gasteiger partial charge in [0.15, 0.2) is 5.82 Å². The molecule has 0 aliphatic carbocycles. The number of nitrogens with zero attached hydrogens (tertiary/aromatic N) is 3. The van der Waals surface area contributed by atoms with Crippen LogP contribution in [0, 0.1) is 5.82 Å². The van der Waals surface area contributed by atoms with Crippen LogP contribution in [-0.2, 0) is 0 Å². The lowest BCUT2D eigenvalue weighted by atomic mass is 10.2. The Morgan fingerprint density at radius 3 is 2.84 bits per heavy atom. The lowest BCUT2D eigenvalue weighted by molar-refractivity contribution is 0.357. The Morgan fingerprint density at radius 2 is 2.21 bits per heavy atom. The zero-order valence-corrected chi connectivity index (χ0v) is 12.2. The van der Waals surface area contributed by atoms with E-state index in [-0.39, 0.29) is 17.7 Å². The second kappa shape index (κ2) is 5.77. The molecule has 0 amide bonds. The number of hydrogen-bond acceptors (Lipinski definition) is 5. The van der Waals surface area contributed by atoms with Crippen LogP contribution in [0.4, 0.5) is 4.39 Å². The summed E-state index contributed by atoms with van der Waals surface area (Å²) in [6.45, 7) is 0.605. The summed E-state index contributed by atoms with van der Waals surface area (Å²) in [5, 5.41) is 3.83. The molecular formula is C12H14BrFN4O. The number of benzene rings is 1. The van der Waals surface area contributed by atoms with Gasteiger partial charge in [-0.3, -0.25) is 0 Å². The van der Waals surface area contributed by atoms with Crippen LogP contribution in [0.3, 0.4) is 0 Å². The summed E-state index contributed by atoms with van der Waals surface area (Å²) in [6, 6.07) is 4.28. The maximum absolute atomic E-state index is 13.4. The van der Waals surface area contributed by atoms with Gasteiger partial charge in [0, 0.05) is 12.1 Å². The van der Waals surface area contributed by atoms with Crippen LogP contribution in [-0.4, -0.2) is 35.7 Å². The molecule has 0 radical (unpaired) electrons. The minimum absolute atomic E-state index is 0.260. The summed E-state index contributed by atoms with van der Waals surface area (Å²) in [5.41, 5.74) is 6.46. The molecule has 0 bridgehead atoms. The van der Waals surface area contributed by atoms with Crippen molar-refractivity contribution in [3.63, 3.8) is 0 Å². The summed E-state index contributed by atoms with van der Waals surface area (Å²) < 4.78 is 18.9. The van der Waals surface area contributed by atoms with Crippen LogP contribution in [0.2, 0.25) is 0 Å². The summed E-state index contributed by atoms with van der Waals surface area (Å²) in [4.78, 5) is 6.12. The Balaban J connectivity index is 2.22. The summed E-state index contributed by atoms with van der Waals surface area (Å²) >= 11 is 3.09. The molecule has 2 N–H and O–H groups in total. The first-order valence-electron chi connectivity index (χ1n) is 5.66. The van der Waals surface area contributed by atoms with Crippen LogP contribution < -0.4 is 5.73 Å². The molecule has 0 saturated heterocycles. The predicted molar refractivity (Wildman–Crippen MR) is 72.9 cm³/mol. The van der Waals surface area contributed by atoms with E-state index in [1.807, 2.05) is 19.0 Å². The van der Waals surface area contributed by atoms with Crippen LogP contribution in [0.25, 0.3) is 11.5 Å². The molecule has 1 aromatic heterocycles. The average molecular weight is 329 g/mol. The van der Waals surface area contributed by atoms with E-state index < -0.39 is 0 Å². The van der Waals surface area contributed by atoms with Gasteiger partial charge in [0.25, 0.3) is 5.89 Å². The van der Waals surface area contributed by atoms with Crippen molar-refractivity contribution in [2.45, 2.75) is 6.04 Å². The monoisotopic (exact) mass is 328 g/mol. The van der Waals surface area contributed by atoms with Crippen LogP contribution >= 0.6 is 15.9 Å². The van der Waals surface area contributed by atoms with Gasteiger partial charge in [0.2, 0.25) is 0 Å². The Bertz CT molecular complexity index is 573. The zero-order valence-electron chi connectivity index (χ0n) is 10.6. The van der Waals surface area contributed by atoms with Gasteiger partial charge in [-0.15, -0.1) is 0 Å². The smallest absolute Gasteiger partial charge is 0.258 e. The number of rotatable bonds is 4. The van der Waals surface area contributed by atoms with Crippen molar-refractivity contribution >= 4 is 15.9 Å². The normalized spacial score (nSPS) is 12.9. The Morgan fingerprint density at radius 1 is 1.47 bits per heavy atom. The predicted octanol–water partition coefficient (Wildman–Crippen LogP) is 2.20. The van der Waals surface area contributed by atoms with Crippen molar-refractivity contribution in [2.75, 3.05) is 20.6 Å². The van der Waals surface area contributed by atoms with Gasteiger partial charge in [-0.1, -0.05) is 5.16 Å². The molecule has 0 saturated carbocycles. The molecule has 1 heterocycles.